The lowest BCUT2D eigenvalue weighted by molar-refractivity contribution is 0.669. The lowest BCUT2D eigenvalue weighted by atomic mass is 9.87. The van der Waals surface area contributed by atoms with Crippen LogP contribution in [0.25, 0.3) is 110 Å². The van der Waals surface area contributed by atoms with E-state index in [1.165, 1.54) is 0 Å². The first-order valence-electron chi connectivity index (χ1n) is 23.7. The summed E-state index contributed by atoms with van der Waals surface area (Å²) in [5.41, 5.74) is 8.77. The average Bonchev–Trinajstić information content (AvgIpc) is 4.01. The molecule has 12 aromatic rings. The van der Waals surface area contributed by atoms with Crippen LogP contribution in [-0.4, -0.2) is 9.13 Å². The molecule has 3 heterocycles. The molecular formula is C54H34N2O. The van der Waals surface area contributed by atoms with Gasteiger partial charge in [-0.15, -0.1) is 0 Å². The van der Waals surface area contributed by atoms with Crippen molar-refractivity contribution in [3.63, 3.8) is 0 Å². The molecule has 0 fully saturated rings. The first-order valence-corrected chi connectivity index (χ1v) is 18.7. The van der Waals surface area contributed by atoms with Gasteiger partial charge in [-0.1, -0.05) is 139 Å². The van der Waals surface area contributed by atoms with Gasteiger partial charge in [-0.2, -0.15) is 0 Å². The first kappa shape index (κ1) is 23.3. The van der Waals surface area contributed by atoms with Crippen LogP contribution in [0.15, 0.2) is 210 Å². The van der Waals surface area contributed by atoms with Crippen molar-refractivity contribution in [3.05, 3.63) is 206 Å². The summed E-state index contributed by atoms with van der Waals surface area (Å²) in [6, 6.07) is 43.2. The van der Waals surface area contributed by atoms with Crippen LogP contribution in [0.1, 0.15) is 13.7 Å². The average molecular weight is 737 g/mol. The van der Waals surface area contributed by atoms with Gasteiger partial charge in [-0.3, -0.25) is 0 Å². The maximum Gasteiger partial charge on any atom is 0.135 e. The fraction of sp³-hybridized carbons (Fsp3) is 0. The molecule has 3 nitrogen and oxygen atoms in total. The fourth-order valence-corrected chi connectivity index (χ4v) is 8.69. The highest BCUT2D eigenvalue weighted by Crippen LogP contribution is 2.43. The number of nitrogens with zero attached hydrogens (tertiary/aromatic N) is 2. The summed E-state index contributed by atoms with van der Waals surface area (Å²) in [7, 11) is 0. The molecule has 0 saturated carbocycles. The van der Waals surface area contributed by atoms with Crippen LogP contribution in [0.2, 0.25) is 0 Å². The summed E-state index contributed by atoms with van der Waals surface area (Å²) in [6.07, 6.45) is 0. The summed E-state index contributed by atoms with van der Waals surface area (Å²) in [5, 5.41) is 6.01. The molecule has 266 valence electrons. The van der Waals surface area contributed by atoms with Crippen molar-refractivity contribution < 1.29 is 18.1 Å². The molecule has 0 aliphatic heterocycles. The van der Waals surface area contributed by atoms with Gasteiger partial charge in [0.1, 0.15) is 11.2 Å². The van der Waals surface area contributed by atoms with Crippen molar-refractivity contribution >= 4 is 65.6 Å². The molecule has 0 aliphatic rings. The second kappa shape index (κ2) is 12.5. The molecule has 0 bridgehead atoms. The van der Waals surface area contributed by atoms with Crippen LogP contribution in [0.3, 0.4) is 0 Å². The third kappa shape index (κ3) is 4.86. The van der Waals surface area contributed by atoms with E-state index >= 15 is 0 Å². The quantitative estimate of drug-likeness (QED) is 0.173. The van der Waals surface area contributed by atoms with E-state index in [4.69, 9.17) is 18.1 Å². The Kier molecular flexibility index (Phi) is 5.10. The van der Waals surface area contributed by atoms with Gasteiger partial charge in [-0.05, 0) is 100 Å². The Labute approximate surface area is 342 Å². The molecule has 0 aliphatic carbocycles. The number of benzene rings is 9. The Morgan fingerprint density at radius 3 is 1.49 bits per heavy atom. The summed E-state index contributed by atoms with van der Waals surface area (Å²) in [4.78, 5) is 0. The second-order valence-electron chi connectivity index (χ2n) is 14.1. The van der Waals surface area contributed by atoms with E-state index in [2.05, 4.69) is 63.7 Å². The number of fused-ring (bicyclic) bond motifs is 9. The molecule has 0 saturated heterocycles. The zero-order valence-corrected chi connectivity index (χ0v) is 30.2. The zero-order chi connectivity index (χ0) is 46.2. The lowest BCUT2D eigenvalue weighted by Crippen LogP contribution is -1.96. The largest absolute Gasteiger partial charge is 0.456 e. The van der Waals surface area contributed by atoms with Gasteiger partial charge in [0.25, 0.3) is 0 Å². The molecule has 0 spiro atoms. The number of hydrogen-bond acceptors (Lipinski definition) is 1. The van der Waals surface area contributed by atoms with Crippen LogP contribution < -0.4 is 0 Å². The summed E-state index contributed by atoms with van der Waals surface area (Å²) < 4.78 is 97.5. The molecule has 0 amide bonds. The summed E-state index contributed by atoms with van der Waals surface area (Å²) in [5.74, 6) is 0. The number of para-hydroxylation sites is 3. The SMILES string of the molecule is [2H]c1c([2H])c([2H])c(-c2cccc(-c3c([2H])c([2H])c([2H])c([2H])c3[2H])c2-c2ccc3c(c2)c2ccccc2n3-c2ccc3c(c2)c2ccccc2n3-c2ccc3oc4ccccc4c3c2)c([2H])c1[2H]. The smallest absolute Gasteiger partial charge is 0.135 e. The normalized spacial score (nSPS) is 14.3. The third-order valence-corrected chi connectivity index (χ3v) is 11.1. The molecular weight excluding hydrogens is 693 g/mol. The number of rotatable bonds is 5. The highest BCUT2D eigenvalue weighted by atomic mass is 16.3. The molecule has 3 aromatic heterocycles. The Bertz CT molecular complexity index is 3980. The highest BCUT2D eigenvalue weighted by molar-refractivity contribution is 6.14. The van der Waals surface area contributed by atoms with Gasteiger partial charge < -0.3 is 13.6 Å². The maximum atomic E-state index is 9.00. The molecule has 9 aromatic carbocycles. The van der Waals surface area contributed by atoms with E-state index in [0.717, 1.165) is 76.9 Å². The van der Waals surface area contributed by atoms with Crippen LogP contribution in [0.5, 0.6) is 0 Å². The molecule has 0 N–H and O–H groups in total. The van der Waals surface area contributed by atoms with Gasteiger partial charge >= 0.3 is 0 Å². The van der Waals surface area contributed by atoms with Crippen molar-refractivity contribution in [1.82, 2.24) is 9.13 Å². The van der Waals surface area contributed by atoms with E-state index in [9.17, 15) is 0 Å². The summed E-state index contributed by atoms with van der Waals surface area (Å²) >= 11 is 0. The van der Waals surface area contributed by atoms with Gasteiger partial charge in [0.2, 0.25) is 0 Å². The maximum absolute atomic E-state index is 9.00. The molecule has 3 heteroatoms. The molecule has 0 atom stereocenters. The Morgan fingerprint density at radius 1 is 0.351 bits per heavy atom. The Balaban J connectivity index is 1.10. The van der Waals surface area contributed by atoms with E-state index in [-0.39, 0.29) is 22.3 Å². The molecule has 0 unspecified atom stereocenters. The van der Waals surface area contributed by atoms with Crippen molar-refractivity contribution in [1.29, 1.82) is 0 Å². The second-order valence-corrected chi connectivity index (χ2v) is 14.1. The molecule has 12 rings (SSSR count). The first-order chi connectivity index (χ1) is 32.4. The Hall–Kier alpha value is -7.62. The standard InChI is InChI=1S/C54H34N2O/c1-3-14-35(15-4-1)40-21-13-22-41(36-16-5-2-6-17-36)54(40)37-26-29-50-45(32-37)42-18-7-10-23-48(42)55(50)38-27-30-51-46(33-38)43-19-8-11-24-49(43)56(51)39-28-31-53-47(34-39)44-20-9-12-25-52(44)57-53/h1-34H/i1D,2D,3D,4D,5D,6D,14D,15D,16D,17D. The minimum atomic E-state index is -0.538. The molecule has 57 heavy (non-hydrogen) atoms. The van der Waals surface area contributed by atoms with Crippen LogP contribution >= 0.6 is 0 Å². The van der Waals surface area contributed by atoms with Crippen molar-refractivity contribution in [2.24, 2.45) is 0 Å². The number of hydrogen-bond donors (Lipinski definition) is 0. The van der Waals surface area contributed by atoms with Crippen molar-refractivity contribution in [2.75, 3.05) is 0 Å². The summed E-state index contributed by atoms with van der Waals surface area (Å²) in [6.45, 7) is 0. The van der Waals surface area contributed by atoms with E-state index in [1.807, 2.05) is 72.8 Å². The fourth-order valence-electron chi connectivity index (χ4n) is 8.69. The van der Waals surface area contributed by atoms with Gasteiger partial charge in [-0.25, -0.2) is 0 Å². The Morgan fingerprint density at radius 2 is 0.842 bits per heavy atom. The highest BCUT2D eigenvalue weighted by Gasteiger charge is 2.20. The third-order valence-electron chi connectivity index (χ3n) is 11.1. The number of aromatic nitrogens is 2. The van der Waals surface area contributed by atoms with Gasteiger partial charge in [0.05, 0.1) is 35.8 Å². The predicted octanol–water partition coefficient (Wildman–Crippen LogP) is 14.8. The minimum Gasteiger partial charge on any atom is -0.456 e. The molecule has 0 radical (unpaired) electrons. The minimum absolute atomic E-state index is 0.0664. The van der Waals surface area contributed by atoms with E-state index in [0.29, 0.717) is 11.1 Å². The van der Waals surface area contributed by atoms with Crippen LogP contribution in [0.4, 0.5) is 0 Å². The van der Waals surface area contributed by atoms with Crippen molar-refractivity contribution in [2.45, 2.75) is 0 Å². The predicted molar refractivity (Wildman–Crippen MR) is 239 cm³/mol. The van der Waals surface area contributed by atoms with Crippen molar-refractivity contribution in [3.8, 4) is 44.8 Å². The van der Waals surface area contributed by atoms with Crippen LogP contribution in [-0.2, 0) is 0 Å². The topological polar surface area (TPSA) is 23.0 Å². The monoisotopic (exact) mass is 736 g/mol. The van der Waals surface area contributed by atoms with E-state index in [1.54, 1.807) is 18.2 Å². The van der Waals surface area contributed by atoms with Gasteiger partial charge in [0.15, 0.2) is 0 Å². The number of furan rings is 1. The van der Waals surface area contributed by atoms with Crippen LogP contribution in [0, 0.1) is 0 Å². The zero-order valence-electron chi connectivity index (χ0n) is 40.2. The lowest BCUT2D eigenvalue weighted by Gasteiger charge is -2.17. The van der Waals surface area contributed by atoms with E-state index < -0.39 is 60.4 Å². The van der Waals surface area contributed by atoms with Gasteiger partial charge in [0, 0.05) is 43.7 Å².